The SMILES string of the molecule is c1ccc2c(c1)CC2c1nsc(NC2CC2)n1. The number of nitrogens with zero attached hydrogens (tertiary/aromatic N) is 2. The first-order valence-corrected chi connectivity index (χ1v) is 6.85. The standard InChI is InChI=1S/C13H13N3S/c1-2-4-10-8(3-1)7-11(10)12-15-13(17-16-12)14-9-5-6-9/h1-4,9,11H,5-7H2,(H,14,15,16). The minimum absolute atomic E-state index is 0.428. The average Bonchev–Trinajstić information content (AvgIpc) is 3.00. The van der Waals surface area contributed by atoms with Crippen molar-refractivity contribution in [3.05, 3.63) is 41.2 Å². The maximum absolute atomic E-state index is 4.61. The van der Waals surface area contributed by atoms with Crippen molar-refractivity contribution >= 4 is 16.7 Å². The van der Waals surface area contributed by atoms with Crippen LogP contribution in [0.1, 0.15) is 35.7 Å². The largest absolute Gasteiger partial charge is 0.358 e. The van der Waals surface area contributed by atoms with Crippen molar-refractivity contribution < 1.29 is 0 Å². The highest BCUT2D eigenvalue weighted by Gasteiger charge is 2.31. The van der Waals surface area contributed by atoms with E-state index >= 15 is 0 Å². The summed E-state index contributed by atoms with van der Waals surface area (Å²) in [7, 11) is 0. The number of hydrogen-bond donors (Lipinski definition) is 1. The molecular weight excluding hydrogens is 230 g/mol. The van der Waals surface area contributed by atoms with Gasteiger partial charge in [0.2, 0.25) is 5.13 Å². The number of aromatic nitrogens is 2. The van der Waals surface area contributed by atoms with Crippen molar-refractivity contribution in [3.8, 4) is 0 Å². The summed E-state index contributed by atoms with van der Waals surface area (Å²) in [6, 6.07) is 9.24. The molecule has 0 bridgehead atoms. The molecule has 2 aromatic rings. The Morgan fingerprint density at radius 2 is 2.12 bits per heavy atom. The molecule has 1 unspecified atom stereocenters. The van der Waals surface area contributed by atoms with E-state index in [-0.39, 0.29) is 0 Å². The van der Waals surface area contributed by atoms with Gasteiger partial charge in [-0.05, 0) is 30.4 Å². The van der Waals surface area contributed by atoms with Gasteiger partial charge in [-0.15, -0.1) is 0 Å². The summed E-state index contributed by atoms with van der Waals surface area (Å²) in [4.78, 5) is 4.61. The third kappa shape index (κ3) is 1.63. The van der Waals surface area contributed by atoms with E-state index in [4.69, 9.17) is 0 Å². The first-order chi connectivity index (χ1) is 8.40. The zero-order chi connectivity index (χ0) is 11.2. The molecule has 86 valence electrons. The van der Waals surface area contributed by atoms with E-state index in [2.05, 4.69) is 38.9 Å². The molecule has 1 aromatic heterocycles. The first kappa shape index (κ1) is 9.59. The van der Waals surface area contributed by atoms with Gasteiger partial charge in [0.15, 0.2) is 5.82 Å². The fourth-order valence-corrected chi connectivity index (χ4v) is 3.03. The second kappa shape index (κ2) is 3.53. The van der Waals surface area contributed by atoms with Gasteiger partial charge in [-0.2, -0.15) is 4.37 Å². The van der Waals surface area contributed by atoms with Crippen LogP contribution in [0.4, 0.5) is 5.13 Å². The maximum Gasteiger partial charge on any atom is 0.202 e. The van der Waals surface area contributed by atoms with Crippen LogP contribution < -0.4 is 5.32 Å². The molecule has 0 radical (unpaired) electrons. The van der Waals surface area contributed by atoms with E-state index in [1.54, 1.807) is 0 Å². The van der Waals surface area contributed by atoms with E-state index in [0.717, 1.165) is 17.4 Å². The van der Waals surface area contributed by atoms with E-state index in [1.807, 2.05) is 0 Å². The van der Waals surface area contributed by atoms with Gasteiger partial charge in [0.25, 0.3) is 0 Å². The summed E-state index contributed by atoms with van der Waals surface area (Å²) in [5, 5.41) is 4.40. The molecule has 1 heterocycles. The van der Waals surface area contributed by atoms with Gasteiger partial charge in [0, 0.05) is 23.5 Å². The highest BCUT2D eigenvalue weighted by molar-refractivity contribution is 7.09. The minimum atomic E-state index is 0.428. The number of benzene rings is 1. The molecular formula is C13H13N3S. The van der Waals surface area contributed by atoms with Crippen LogP contribution >= 0.6 is 11.5 Å². The number of rotatable bonds is 3. The Morgan fingerprint density at radius 3 is 2.94 bits per heavy atom. The van der Waals surface area contributed by atoms with Gasteiger partial charge < -0.3 is 5.32 Å². The number of nitrogens with one attached hydrogen (secondary N) is 1. The predicted octanol–water partition coefficient (Wildman–Crippen LogP) is 2.80. The lowest BCUT2D eigenvalue weighted by Gasteiger charge is -2.27. The first-order valence-electron chi connectivity index (χ1n) is 6.08. The number of hydrogen-bond acceptors (Lipinski definition) is 4. The zero-order valence-electron chi connectivity index (χ0n) is 9.39. The van der Waals surface area contributed by atoms with Crippen molar-refractivity contribution in [2.45, 2.75) is 31.2 Å². The van der Waals surface area contributed by atoms with Crippen LogP contribution in [0.2, 0.25) is 0 Å². The fourth-order valence-electron chi connectivity index (χ4n) is 2.33. The van der Waals surface area contributed by atoms with Crippen LogP contribution in [0.3, 0.4) is 0 Å². The topological polar surface area (TPSA) is 37.8 Å². The molecule has 4 rings (SSSR count). The maximum atomic E-state index is 4.61. The van der Waals surface area contributed by atoms with Gasteiger partial charge >= 0.3 is 0 Å². The molecule has 0 spiro atoms. The lowest BCUT2D eigenvalue weighted by molar-refractivity contribution is 0.672. The van der Waals surface area contributed by atoms with Crippen LogP contribution in [-0.2, 0) is 6.42 Å². The van der Waals surface area contributed by atoms with Crippen molar-refractivity contribution in [3.63, 3.8) is 0 Å². The molecule has 1 saturated carbocycles. The molecule has 1 N–H and O–H groups in total. The second-order valence-corrected chi connectivity index (χ2v) is 5.58. The van der Waals surface area contributed by atoms with E-state index < -0.39 is 0 Å². The molecule has 0 saturated heterocycles. The van der Waals surface area contributed by atoms with Crippen LogP contribution in [0.5, 0.6) is 0 Å². The number of anilines is 1. The summed E-state index contributed by atoms with van der Waals surface area (Å²) >= 11 is 1.50. The zero-order valence-corrected chi connectivity index (χ0v) is 10.2. The molecule has 2 aliphatic rings. The van der Waals surface area contributed by atoms with Gasteiger partial charge in [0.05, 0.1) is 0 Å². The Bertz CT molecular complexity index is 559. The summed E-state index contributed by atoms with van der Waals surface area (Å²) in [6.45, 7) is 0. The normalized spacial score (nSPS) is 21.8. The summed E-state index contributed by atoms with van der Waals surface area (Å²) < 4.78 is 4.49. The average molecular weight is 243 g/mol. The Kier molecular flexibility index (Phi) is 1.99. The smallest absolute Gasteiger partial charge is 0.202 e. The van der Waals surface area contributed by atoms with Gasteiger partial charge in [-0.25, -0.2) is 4.98 Å². The molecule has 1 aromatic carbocycles. The highest BCUT2D eigenvalue weighted by Crippen LogP contribution is 2.39. The minimum Gasteiger partial charge on any atom is -0.358 e. The summed E-state index contributed by atoms with van der Waals surface area (Å²) in [5.74, 6) is 1.43. The van der Waals surface area contributed by atoms with E-state index in [1.165, 1.54) is 35.5 Å². The molecule has 4 heteroatoms. The van der Waals surface area contributed by atoms with Crippen molar-refractivity contribution in [1.29, 1.82) is 0 Å². The molecule has 17 heavy (non-hydrogen) atoms. The quantitative estimate of drug-likeness (QED) is 0.900. The van der Waals surface area contributed by atoms with Crippen molar-refractivity contribution in [2.24, 2.45) is 0 Å². The molecule has 3 nitrogen and oxygen atoms in total. The molecule has 2 aliphatic carbocycles. The lowest BCUT2D eigenvalue weighted by Crippen LogP contribution is -2.19. The highest BCUT2D eigenvalue weighted by atomic mass is 32.1. The third-order valence-electron chi connectivity index (χ3n) is 3.51. The molecule has 0 amide bonds. The fraction of sp³-hybridized carbons (Fsp3) is 0.385. The molecule has 1 atom stereocenters. The Morgan fingerprint density at radius 1 is 1.24 bits per heavy atom. The van der Waals surface area contributed by atoms with E-state index in [0.29, 0.717) is 12.0 Å². The van der Waals surface area contributed by atoms with Gasteiger partial charge in [0.1, 0.15) is 0 Å². The third-order valence-corrected chi connectivity index (χ3v) is 4.17. The number of fused-ring (bicyclic) bond motifs is 1. The van der Waals surface area contributed by atoms with Crippen LogP contribution in [0.15, 0.2) is 24.3 Å². The summed E-state index contributed by atoms with van der Waals surface area (Å²) in [5.41, 5.74) is 2.85. The molecule has 1 fully saturated rings. The van der Waals surface area contributed by atoms with Gasteiger partial charge in [-0.1, -0.05) is 24.3 Å². The second-order valence-electron chi connectivity index (χ2n) is 4.83. The lowest BCUT2D eigenvalue weighted by atomic mass is 9.77. The molecule has 0 aliphatic heterocycles. The summed E-state index contributed by atoms with van der Waals surface area (Å²) in [6.07, 6.45) is 3.65. The Balaban J connectivity index is 1.58. The van der Waals surface area contributed by atoms with E-state index in [9.17, 15) is 0 Å². The van der Waals surface area contributed by atoms with Crippen LogP contribution in [0, 0.1) is 0 Å². The van der Waals surface area contributed by atoms with Crippen molar-refractivity contribution in [2.75, 3.05) is 5.32 Å². The Hall–Kier alpha value is -1.42. The van der Waals surface area contributed by atoms with Crippen LogP contribution in [-0.4, -0.2) is 15.4 Å². The van der Waals surface area contributed by atoms with Gasteiger partial charge in [-0.3, -0.25) is 0 Å². The monoisotopic (exact) mass is 243 g/mol. The predicted molar refractivity (Wildman–Crippen MR) is 68.5 cm³/mol. The Labute approximate surface area is 104 Å². The van der Waals surface area contributed by atoms with Crippen LogP contribution in [0.25, 0.3) is 0 Å². The van der Waals surface area contributed by atoms with Crippen molar-refractivity contribution in [1.82, 2.24) is 9.36 Å².